The first-order chi connectivity index (χ1) is 14.4. The number of likely N-dealkylation sites (tertiary alicyclic amines) is 1. The number of nitrogens with two attached hydrogens (primary N) is 1. The Morgan fingerprint density at radius 1 is 1.13 bits per heavy atom. The fraction of sp³-hybridized carbons (Fsp3) is 0.478. The van der Waals surface area contributed by atoms with Gasteiger partial charge in [0, 0.05) is 36.7 Å². The summed E-state index contributed by atoms with van der Waals surface area (Å²) < 4.78 is 14.5. The van der Waals surface area contributed by atoms with Crippen molar-refractivity contribution in [3.8, 4) is 0 Å². The van der Waals surface area contributed by atoms with Gasteiger partial charge in [0.25, 0.3) is 5.91 Å². The summed E-state index contributed by atoms with van der Waals surface area (Å²) in [6.45, 7) is 0.957. The van der Waals surface area contributed by atoms with Crippen molar-refractivity contribution in [1.82, 2.24) is 4.90 Å². The van der Waals surface area contributed by atoms with Crippen molar-refractivity contribution in [1.29, 1.82) is 0 Å². The third-order valence-corrected chi connectivity index (χ3v) is 6.38. The van der Waals surface area contributed by atoms with E-state index in [1.165, 1.54) is 6.07 Å². The maximum Gasteiger partial charge on any atom is 0.256 e. The maximum absolute atomic E-state index is 14.5. The molecule has 2 N–H and O–H groups in total. The second-order valence-corrected chi connectivity index (χ2v) is 8.31. The zero-order valence-corrected chi connectivity index (χ0v) is 17.0. The summed E-state index contributed by atoms with van der Waals surface area (Å²) in [6.07, 6.45) is 5.22. The zero-order chi connectivity index (χ0) is 21.3. The van der Waals surface area contributed by atoms with Gasteiger partial charge in [-0.3, -0.25) is 19.4 Å². The molecule has 2 heterocycles. The summed E-state index contributed by atoms with van der Waals surface area (Å²) in [7, 11) is 0. The molecular formula is C23H26FN3O3. The highest BCUT2D eigenvalue weighted by Crippen LogP contribution is 2.30. The van der Waals surface area contributed by atoms with Crippen molar-refractivity contribution in [3.05, 3.63) is 46.3 Å². The lowest BCUT2D eigenvalue weighted by molar-refractivity contribution is -0.123. The van der Waals surface area contributed by atoms with Crippen LogP contribution in [0.2, 0.25) is 0 Å². The molecule has 0 aromatic heterocycles. The number of nitrogens with zero attached hydrogens (tertiary/aromatic N) is 2. The van der Waals surface area contributed by atoms with Gasteiger partial charge in [-0.15, -0.1) is 0 Å². The van der Waals surface area contributed by atoms with Crippen molar-refractivity contribution in [2.45, 2.75) is 44.9 Å². The van der Waals surface area contributed by atoms with Crippen LogP contribution in [0.4, 0.5) is 4.39 Å². The number of rotatable bonds is 4. The summed E-state index contributed by atoms with van der Waals surface area (Å²) in [5.74, 6) is -1.38. The van der Waals surface area contributed by atoms with Gasteiger partial charge in [0.15, 0.2) is 5.78 Å². The third kappa shape index (κ3) is 4.06. The largest absolute Gasteiger partial charge is 0.369 e. The Morgan fingerprint density at radius 2 is 1.83 bits per heavy atom. The van der Waals surface area contributed by atoms with E-state index in [-0.39, 0.29) is 35.6 Å². The summed E-state index contributed by atoms with van der Waals surface area (Å²) in [5, 5.41) is 0. The lowest BCUT2D eigenvalue weighted by Gasteiger charge is -2.30. The van der Waals surface area contributed by atoms with Gasteiger partial charge >= 0.3 is 0 Å². The van der Waals surface area contributed by atoms with Crippen LogP contribution in [0.15, 0.2) is 34.3 Å². The fourth-order valence-electron chi connectivity index (χ4n) is 4.63. The number of carbonyl (C=O) groups excluding carboxylic acids is 3. The minimum atomic E-state index is -0.556. The van der Waals surface area contributed by atoms with Gasteiger partial charge in [0.05, 0.1) is 5.56 Å². The highest BCUT2D eigenvalue weighted by Gasteiger charge is 2.29. The number of benzene rings is 1. The van der Waals surface area contributed by atoms with Crippen LogP contribution in [-0.2, 0) is 16.0 Å². The Morgan fingerprint density at radius 3 is 2.53 bits per heavy atom. The molecule has 0 atom stereocenters. The number of allylic oxidation sites excluding steroid dienone is 1. The van der Waals surface area contributed by atoms with Gasteiger partial charge in [-0.1, -0.05) is 6.07 Å². The van der Waals surface area contributed by atoms with E-state index in [1.807, 2.05) is 0 Å². The molecule has 158 valence electrons. The highest BCUT2D eigenvalue weighted by atomic mass is 19.1. The quantitative estimate of drug-likeness (QED) is 0.825. The molecule has 1 aromatic rings. The van der Waals surface area contributed by atoms with Crippen molar-refractivity contribution in [2.24, 2.45) is 16.6 Å². The molecule has 7 heteroatoms. The Bertz CT molecular complexity index is 958. The van der Waals surface area contributed by atoms with E-state index in [9.17, 15) is 18.8 Å². The van der Waals surface area contributed by atoms with Gasteiger partial charge in [-0.05, 0) is 61.8 Å². The first-order valence-corrected chi connectivity index (χ1v) is 10.6. The molecule has 2 aliphatic heterocycles. The number of amides is 2. The van der Waals surface area contributed by atoms with Crippen molar-refractivity contribution in [3.63, 3.8) is 0 Å². The van der Waals surface area contributed by atoms with Crippen LogP contribution in [0.5, 0.6) is 0 Å². The molecular weight excluding hydrogens is 385 g/mol. The number of Topliss-reactive ketones (excluding diaryl/α,β-unsaturated/α-hetero) is 1. The van der Waals surface area contributed by atoms with Gasteiger partial charge < -0.3 is 10.6 Å². The Balaban J connectivity index is 1.51. The Labute approximate surface area is 175 Å². The van der Waals surface area contributed by atoms with Gasteiger partial charge in [-0.2, -0.15) is 0 Å². The third-order valence-electron chi connectivity index (χ3n) is 6.38. The summed E-state index contributed by atoms with van der Waals surface area (Å²) in [5.41, 5.74) is 9.02. The summed E-state index contributed by atoms with van der Waals surface area (Å²) in [6, 6.07) is 4.59. The van der Waals surface area contributed by atoms with Crippen LogP contribution in [0, 0.1) is 11.7 Å². The molecule has 1 saturated heterocycles. The lowest BCUT2D eigenvalue weighted by Crippen LogP contribution is -2.42. The van der Waals surface area contributed by atoms with E-state index in [0.717, 1.165) is 48.1 Å². The molecule has 0 unspecified atom stereocenters. The lowest BCUT2D eigenvalue weighted by atomic mass is 9.83. The average molecular weight is 411 g/mol. The molecule has 3 aliphatic rings. The number of primary amides is 1. The normalized spacial score (nSPS) is 20.1. The molecule has 0 saturated carbocycles. The number of hydrogen-bond donors (Lipinski definition) is 1. The fourth-order valence-corrected chi connectivity index (χ4v) is 4.63. The molecule has 0 bridgehead atoms. The first-order valence-electron chi connectivity index (χ1n) is 10.6. The standard InChI is InChI=1S/C23H26FN3O3/c24-19-6-5-14(12-20-16-3-1-2-4-17(16)21(28)13-26-20)11-18(19)23(30)27-9-7-15(8-10-27)22(25)29/h5-6,11,15H,1-4,7-10,12-13H2,(H2,25,29). The predicted octanol–water partition coefficient (Wildman–Crippen LogP) is 2.60. The minimum absolute atomic E-state index is 0.0374. The number of ketones is 1. The molecule has 6 nitrogen and oxygen atoms in total. The topological polar surface area (TPSA) is 92.8 Å². The monoisotopic (exact) mass is 411 g/mol. The number of dihydropyridines is 1. The Hall–Kier alpha value is -2.83. The predicted molar refractivity (Wildman–Crippen MR) is 111 cm³/mol. The number of halogens is 1. The number of carbonyl (C=O) groups is 3. The average Bonchev–Trinajstić information content (AvgIpc) is 2.76. The summed E-state index contributed by atoms with van der Waals surface area (Å²) >= 11 is 0. The van der Waals surface area contributed by atoms with Crippen molar-refractivity contribution in [2.75, 3.05) is 19.6 Å². The SMILES string of the molecule is NC(=O)C1CCN(C(=O)c2cc(CC3=NCC(=O)C4=C3CCCC4)ccc2F)CC1. The van der Waals surface area contributed by atoms with Crippen LogP contribution in [0.1, 0.15) is 54.4 Å². The second kappa shape index (κ2) is 8.50. The molecule has 30 heavy (non-hydrogen) atoms. The number of piperidine rings is 1. The van der Waals surface area contributed by atoms with Gasteiger partial charge in [0.1, 0.15) is 12.4 Å². The van der Waals surface area contributed by atoms with E-state index in [2.05, 4.69) is 4.99 Å². The highest BCUT2D eigenvalue weighted by molar-refractivity contribution is 6.14. The molecule has 4 rings (SSSR count). The smallest absolute Gasteiger partial charge is 0.256 e. The van der Waals surface area contributed by atoms with Gasteiger partial charge in [-0.25, -0.2) is 4.39 Å². The summed E-state index contributed by atoms with van der Waals surface area (Å²) in [4.78, 5) is 42.5. The minimum Gasteiger partial charge on any atom is -0.369 e. The van der Waals surface area contributed by atoms with Crippen LogP contribution in [0.3, 0.4) is 0 Å². The number of hydrogen-bond acceptors (Lipinski definition) is 4. The van der Waals surface area contributed by atoms with Crippen LogP contribution in [-0.4, -0.2) is 47.8 Å². The van der Waals surface area contributed by atoms with Gasteiger partial charge in [0.2, 0.25) is 5.91 Å². The molecule has 1 aliphatic carbocycles. The van der Waals surface area contributed by atoms with Crippen LogP contribution >= 0.6 is 0 Å². The van der Waals surface area contributed by atoms with E-state index >= 15 is 0 Å². The molecule has 1 aromatic carbocycles. The van der Waals surface area contributed by atoms with Crippen molar-refractivity contribution >= 4 is 23.3 Å². The molecule has 1 fully saturated rings. The maximum atomic E-state index is 14.5. The molecule has 0 radical (unpaired) electrons. The van der Waals surface area contributed by atoms with E-state index in [1.54, 1.807) is 17.0 Å². The van der Waals surface area contributed by atoms with Crippen LogP contribution < -0.4 is 5.73 Å². The number of aliphatic imine (C=N–C) groups is 1. The van der Waals surface area contributed by atoms with Crippen molar-refractivity contribution < 1.29 is 18.8 Å². The molecule has 0 spiro atoms. The van der Waals surface area contributed by atoms with E-state index in [4.69, 9.17) is 5.73 Å². The van der Waals surface area contributed by atoms with Crippen LogP contribution in [0.25, 0.3) is 0 Å². The first kappa shape index (κ1) is 20.4. The zero-order valence-electron chi connectivity index (χ0n) is 17.0. The second-order valence-electron chi connectivity index (χ2n) is 8.31. The Kier molecular flexibility index (Phi) is 5.79. The van der Waals surface area contributed by atoms with E-state index in [0.29, 0.717) is 32.4 Å². The molecule has 2 amide bonds. The van der Waals surface area contributed by atoms with E-state index < -0.39 is 5.82 Å².